The lowest BCUT2D eigenvalue weighted by Crippen LogP contribution is -2.22. The molecule has 0 spiro atoms. The van der Waals surface area contributed by atoms with Crippen LogP contribution in [0.4, 0.5) is 5.69 Å². The molecule has 0 fully saturated rings. The number of carbonyl (C=O) groups is 1. The standard InChI is InChI=1S/C17H17Cl2N5O2/c1-8-14-11(23-24-17(20)21)3-2-4-13(14)26-15(8)16(25)22-12-7-9(18)5-6-10(12)19/h5-7H,2-4H2,1H3,(H,22,25)(H4,20,21,24)/b23-11+. The van der Waals surface area contributed by atoms with Crippen LogP contribution in [0.5, 0.6) is 0 Å². The number of nitrogens with two attached hydrogens (primary N) is 2. The number of aryl methyl sites for hydroxylation is 1. The second-order valence-electron chi connectivity index (χ2n) is 5.86. The molecule has 1 aromatic carbocycles. The van der Waals surface area contributed by atoms with E-state index in [-0.39, 0.29) is 11.7 Å². The van der Waals surface area contributed by atoms with Gasteiger partial charge in [-0.1, -0.05) is 23.2 Å². The fourth-order valence-electron chi connectivity index (χ4n) is 2.88. The zero-order valence-corrected chi connectivity index (χ0v) is 15.5. The number of fused-ring (bicyclic) bond motifs is 1. The van der Waals surface area contributed by atoms with E-state index in [1.54, 1.807) is 25.1 Å². The number of rotatable bonds is 3. The molecule has 26 heavy (non-hydrogen) atoms. The van der Waals surface area contributed by atoms with Gasteiger partial charge in [0, 0.05) is 22.6 Å². The van der Waals surface area contributed by atoms with Gasteiger partial charge in [-0.25, -0.2) is 0 Å². The number of anilines is 1. The highest BCUT2D eigenvalue weighted by atomic mass is 35.5. The Labute approximate surface area is 160 Å². The van der Waals surface area contributed by atoms with E-state index in [0.717, 1.165) is 12.0 Å². The summed E-state index contributed by atoms with van der Waals surface area (Å²) in [6, 6.07) is 4.83. The van der Waals surface area contributed by atoms with Crippen LogP contribution in [0.15, 0.2) is 32.8 Å². The molecule has 0 aliphatic heterocycles. The summed E-state index contributed by atoms with van der Waals surface area (Å²) in [7, 11) is 0. The van der Waals surface area contributed by atoms with E-state index in [9.17, 15) is 4.79 Å². The van der Waals surface area contributed by atoms with E-state index in [0.29, 0.717) is 45.6 Å². The van der Waals surface area contributed by atoms with Crippen LogP contribution in [0.3, 0.4) is 0 Å². The summed E-state index contributed by atoms with van der Waals surface area (Å²) in [4.78, 5) is 12.7. The zero-order chi connectivity index (χ0) is 18.8. The molecular weight excluding hydrogens is 377 g/mol. The van der Waals surface area contributed by atoms with Gasteiger partial charge in [0.15, 0.2) is 5.76 Å². The fraction of sp³-hybridized carbons (Fsp3) is 0.235. The van der Waals surface area contributed by atoms with Crippen LogP contribution in [0.25, 0.3) is 0 Å². The third kappa shape index (κ3) is 3.68. The maximum Gasteiger partial charge on any atom is 0.291 e. The molecule has 1 aromatic heterocycles. The molecule has 1 heterocycles. The monoisotopic (exact) mass is 393 g/mol. The molecule has 1 aliphatic carbocycles. The molecule has 2 aromatic rings. The van der Waals surface area contributed by atoms with E-state index in [2.05, 4.69) is 15.5 Å². The maximum atomic E-state index is 12.7. The predicted molar refractivity (Wildman–Crippen MR) is 103 cm³/mol. The zero-order valence-electron chi connectivity index (χ0n) is 14.0. The molecular formula is C17H17Cl2N5O2. The van der Waals surface area contributed by atoms with Gasteiger partial charge in [0.25, 0.3) is 5.91 Å². The number of amides is 1. The lowest BCUT2D eigenvalue weighted by atomic mass is 9.93. The highest BCUT2D eigenvalue weighted by Gasteiger charge is 2.28. The van der Waals surface area contributed by atoms with Crippen LogP contribution in [-0.2, 0) is 6.42 Å². The molecule has 7 nitrogen and oxygen atoms in total. The molecule has 136 valence electrons. The molecule has 0 bridgehead atoms. The number of hydrogen-bond acceptors (Lipinski definition) is 4. The Morgan fingerprint density at radius 3 is 2.77 bits per heavy atom. The summed E-state index contributed by atoms with van der Waals surface area (Å²) in [5, 5.41) is 11.4. The first kappa shape index (κ1) is 18.3. The van der Waals surface area contributed by atoms with Crippen LogP contribution in [0.1, 0.15) is 40.3 Å². The van der Waals surface area contributed by atoms with Crippen molar-refractivity contribution in [3.8, 4) is 0 Å². The van der Waals surface area contributed by atoms with Gasteiger partial charge in [0.2, 0.25) is 5.96 Å². The van der Waals surface area contributed by atoms with Gasteiger partial charge in [-0.15, -0.1) is 5.10 Å². The first-order chi connectivity index (χ1) is 12.4. The van der Waals surface area contributed by atoms with Gasteiger partial charge in [-0.05, 0) is 38.0 Å². The molecule has 1 amide bonds. The minimum atomic E-state index is -0.415. The first-order valence-corrected chi connectivity index (χ1v) is 8.67. The second-order valence-corrected chi connectivity index (χ2v) is 6.70. The van der Waals surface area contributed by atoms with Crippen molar-refractivity contribution in [3.05, 3.63) is 50.9 Å². The summed E-state index contributed by atoms with van der Waals surface area (Å²) in [5.74, 6) is 0.354. The number of carbonyl (C=O) groups excluding carboxylic acids is 1. The number of nitrogens with zero attached hydrogens (tertiary/aromatic N) is 2. The average Bonchev–Trinajstić information content (AvgIpc) is 2.94. The Hall–Kier alpha value is -2.51. The Bertz CT molecular complexity index is 929. The molecule has 1 aliphatic rings. The SMILES string of the molecule is Cc1c(C(=O)Nc2cc(Cl)ccc2Cl)oc2c1/C(=N/N=C(N)N)CCC2. The number of furan rings is 1. The molecule has 0 atom stereocenters. The summed E-state index contributed by atoms with van der Waals surface area (Å²) in [6.07, 6.45) is 2.24. The van der Waals surface area contributed by atoms with Crippen LogP contribution in [0, 0.1) is 6.92 Å². The topological polar surface area (TPSA) is 119 Å². The van der Waals surface area contributed by atoms with Crippen molar-refractivity contribution in [2.75, 3.05) is 5.32 Å². The quantitative estimate of drug-likeness (QED) is 0.420. The maximum absolute atomic E-state index is 12.7. The Morgan fingerprint density at radius 1 is 1.27 bits per heavy atom. The predicted octanol–water partition coefficient (Wildman–Crippen LogP) is 3.46. The third-order valence-corrected chi connectivity index (χ3v) is 4.56. The third-order valence-electron chi connectivity index (χ3n) is 3.99. The van der Waals surface area contributed by atoms with Crippen LogP contribution < -0.4 is 16.8 Å². The van der Waals surface area contributed by atoms with E-state index in [1.807, 2.05) is 0 Å². The van der Waals surface area contributed by atoms with Gasteiger partial charge in [-0.3, -0.25) is 4.79 Å². The van der Waals surface area contributed by atoms with Gasteiger partial charge in [-0.2, -0.15) is 5.10 Å². The summed E-state index contributed by atoms with van der Waals surface area (Å²) in [5.41, 5.74) is 13.3. The molecule has 0 radical (unpaired) electrons. The van der Waals surface area contributed by atoms with Crippen molar-refractivity contribution < 1.29 is 9.21 Å². The van der Waals surface area contributed by atoms with Crippen LogP contribution >= 0.6 is 23.2 Å². The molecule has 0 saturated carbocycles. The van der Waals surface area contributed by atoms with E-state index < -0.39 is 5.91 Å². The lowest BCUT2D eigenvalue weighted by molar-refractivity contribution is 0.0994. The van der Waals surface area contributed by atoms with Crippen LogP contribution in [0.2, 0.25) is 10.0 Å². The lowest BCUT2D eigenvalue weighted by Gasteiger charge is -2.11. The minimum absolute atomic E-state index is 0.126. The normalized spacial score (nSPS) is 14.8. The van der Waals surface area contributed by atoms with Gasteiger partial charge in [0.05, 0.1) is 16.4 Å². The summed E-state index contributed by atoms with van der Waals surface area (Å²) >= 11 is 12.1. The Morgan fingerprint density at radius 2 is 2.04 bits per heavy atom. The summed E-state index contributed by atoms with van der Waals surface area (Å²) in [6.45, 7) is 1.80. The van der Waals surface area contributed by atoms with Crippen molar-refractivity contribution in [3.63, 3.8) is 0 Å². The molecule has 0 saturated heterocycles. The van der Waals surface area contributed by atoms with Crippen molar-refractivity contribution in [1.29, 1.82) is 0 Å². The van der Waals surface area contributed by atoms with Crippen LogP contribution in [-0.4, -0.2) is 17.6 Å². The van der Waals surface area contributed by atoms with Gasteiger partial charge in [0.1, 0.15) is 5.76 Å². The van der Waals surface area contributed by atoms with Gasteiger partial charge < -0.3 is 21.2 Å². The highest BCUT2D eigenvalue weighted by molar-refractivity contribution is 6.35. The second kappa shape index (κ2) is 7.39. The fourth-order valence-corrected chi connectivity index (χ4v) is 3.21. The van der Waals surface area contributed by atoms with Gasteiger partial charge >= 0.3 is 0 Å². The highest BCUT2D eigenvalue weighted by Crippen LogP contribution is 2.31. The average molecular weight is 394 g/mol. The largest absolute Gasteiger partial charge is 0.455 e. The smallest absolute Gasteiger partial charge is 0.291 e. The molecule has 0 unspecified atom stereocenters. The van der Waals surface area contributed by atoms with E-state index in [1.165, 1.54) is 0 Å². The van der Waals surface area contributed by atoms with Crippen molar-refractivity contribution in [2.45, 2.75) is 26.2 Å². The number of nitrogens with one attached hydrogen (secondary N) is 1. The Balaban J connectivity index is 1.95. The Kier molecular flexibility index (Phi) is 5.20. The number of benzene rings is 1. The molecule has 9 heteroatoms. The van der Waals surface area contributed by atoms with Crippen molar-refractivity contribution >= 4 is 46.5 Å². The minimum Gasteiger partial charge on any atom is -0.455 e. The number of halogens is 2. The van der Waals surface area contributed by atoms with E-state index >= 15 is 0 Å². The molecule has 3 rings (SSSR count). The number of hydrogen-bond donors (Lipinski definition) is 3. The summed E-state index contributed by atoms with van der Waals surface area (Å²) < 4.78 is 5.80. The molecule has 5 N–H and O–H groups in total. The number of guanidine groups is 1. The first-order valence-electron chi connectivity index (χ1n) is 7.91. The van der Waals surface area contributed by atoms with Crippen molar-refractivity contribution in [1.82, 2.24) is 0 Å². The van der Waals surface area contributed by atoms with E-state index in [4.69, 9.17) is 39.1 Å². The van der Waals surface area contributed by atoms with Crippen molar-refractivity contribution in [2.24, 2.45) is 21.7 Å².